The Labute approximate surface area is 97.0 Å². The molecule has 2 heteroatoms. The predicted molar refractivity (Wildman–Crippen MR) is 64.9 cm³/mol. The highest BCUT2D eigenvalue weighted by molar-refractivity contribution is 5.44. The quantitative estimate of drug-likeness (QED) is 0.822. The molecular weight excluding hydrogens is 198 g/mol. The van der Waals surface area contributed by atoms with E-state index in [-0.39, 0.29) is 0 Å². The van der Waals surface area contributed by atoms with Gasteiger partial charge in [-0.3, -0.25) is 0 Å². The zero-order chi connectivity index (χ0) is 11.1. The van der Waals surface area contributed by atoms with Crippen LogP contribution in [-0.2, 0) is 0 Å². The van der Waals surface area contributed by atoms with Crippen LogP contribution >= 0.6 is 0 Å². The highest BCUT2D eigenvalue weighted by atomic mass is 16.5. The van der Waals surface area contributed by atoms with Crippen molar-refractivity contribution in [1.82, 2.24) is 5.32 Å². The number of hydrogen-bond acceptors (Lipinski definition) is 2. The molecule has 0 amide bonds. The van der Waals surface area contributed by atoms with Crippen LogP contribution in [0.15, 0.2) is 12.1 Å². The number of ether oxygens (including phenoxy) is 1. The fourth-order valence-electron chi connectivity index (χ4n) is 2.36. The van der Waals surface area contributed by atoms with Gasteiger partial charge in [0, 0.05) is 24.1 Å². The molecular formula is C14H19NO. The van der Waals surface area contributed by atoms with Gasteiger partial charge in [0.05, 0.1) is 6.61 Å². The van der Waals surface area contributed by atoms with Gasteiger partial charge in [-0.25, -0.2) is 0 Å². The first kappa shape index (κ1) is 10.2. The third-order valence-corrected chi connectivity index (χ3v) is 3.68. The Balaban J connectivity index is 1.93. The molecule has 0 bridgehead atoms. The first-order valence-electron chi connectivity index (χ1n) is 6.24. The topological polar surface area (TPSA) is 21.3 Å². The van der Waals surface area contributed by atoms with Crippen LogP contribution in [0.25, 0.3) is 0 Å². The summed E-state index contributed by atoms with van der Waals surface area (Å²) in [6.07, 6.45) is 3.79. The summed E-state index contributed by atoms with van der Waals surface area (Å²) in [5.74, 6) is 1.09. The third-order valence-electron chi connectivity index (χ3n) is 3.68. The van der Waals surface area contributed by atoms with Crippen molar-refractivity contribution >= 4 is 0 Å². The van der Waals surface area contributed by atoms with Crippen LogP contribution in [0.3, 0.4) is 0 Å². The molecule has 16 heavy (non-hydrogen) atoms. The second kappa shape index (κ2) is 3.77. The fourth-order valence-corrected chi connectivity index (χ4v) is 2.36. The summed E-state index contributed by atoms with van der Waals surface area (Å²) in [4.78, 5) is 0. The van der Waals surface area contributed by atoms with E-state index in [1.54, 1.807) is 0 Å². The van der Waals surface area contributed by atoms with E-state index in [2.05, 4.69) is 31.3 Å². The minimum Gasteiger partial charge on any atom is -0.493 e. The minimum atomic E-state index is 0.510. The molecule has 1 aromatic carbocycles. The van der Waals surface area contributed by atoms with Gasteiger partial charge in [-0.1, -0.05) is 6.07 Å². The van der Waals surface area contributed by atoms with Crippen LogP contribution in [0.2, 0.25) is 0 Å². The number of aryl methyl sites for hydroxylation is 2. The van der Waals surface area contributed by atoms with E-state index in [9.17, 15) is 0 Å². The Morgan fingerprint density at radius 2 is 1.88 bits per heavy atom. The van der Waals surface area contributed by atoms with Gasteiger partial charge >= 0.3 is 0 Å². The summed E-state index contributed by atoms with van der Waals surface area (Å²) < 4.78 is 5.75. The summed E-state index contributed by atoms with van der Waals surface area (Å²) in [6, 6.07) is 5.75. The molecule has 2 aliphatic rings. The highest BCUT2D eigenvalue weighted by Crippen LogP contribution is 2.36. The first-order chi connectivity index (χ1) is 7.74. The van der Waals surface area contributed by atoms with E-state index >= 15 is 0 Å². The van der Waals surface area contributed by atoms with Crippen molar-refractivity contribution in [3.05, 3.63) is 28.8 Å². The molecule has 86 valence electrons. The van der Waals surface area contributed by atoms with Gasteiger partial charge in [-0.05, 0) is 43.9 Å². The number of fused-ring (bicyclic) bond motifs is 1. The SMILES string of the molecule is Cc1cc2c(cc1C)[C@H](NC1CC1)CCO2. The van der Waals surface area contributed by atoms with Crippen molar-refractivity contribution in [2.45, 2.75) is 45.2 Å². The van der Waals surface area contributed by atoms with E-state index < -0.39 is 0 Å². The van der Waals surface area contributed by atoms with E-state index in [1.165, 1.54) is 29.5 Å². The summed E-state index contributed by atoms with van der Waals surface area (Å²) in [5, 5.41) is 3.72. The number of hydrogen-bond donors (Lipinski definition) is 1. The largest absolute Gasteiger partial charge is 0.493 e. The van der Waals surface area contributed by atoms with Crippen LogP contribution in [0.4, 0.5) is 0 Å². The summed E-state index contributed by atoms with van der Waals surface area (Å²) in [7, 11) is 0. The fraction of sp³-hybridized carbons (Fsp3) is 0.571. The van der Waals surface area contributed by atoms with Gasteiger partial charge in [-0.2, -0.15) is 0 Å². The van der Waals surface area contributed by atoms with Crippen LogP contribution < -0.4 is 10.1 Å². The van der Waals surface area contributed by atoms with Crippen molar-refractivity contribution in [2.75, 3.05) is 6.61 Å². The van der Waals surface area contributed by atoms with E-state index in [1.807, 2.05) is 0 Å². The van der Waals surface area contributed by atoms with Gasteiger partial charge in [0.1, 0.15) is 5.75 Å². The molecule has 0 radical (unpaired) electrons. The molecule has 1 atom stereocenters. The molecule has 1 aliphatic carbocycles. The van der Waals surface area contributed by atoms with Crippen molar-refractivity contribution in [3.8, 4) is 5.75 Å². The molecule has 3 rings (SSSR count). The van der Waals surface area contributed by atoms with Crippen LogP contribution in [0.1, 0.15) is 42.0 Å². The Bertz CT molecular complexity index is 409. The highest BCUT2D eigenvalue weighted by Gasteiger charge is 2.29. The molecule has 1 aliphatic heterocycles. The van der Waals surface area contributed by atoms with Crippen LogP contribution in [0, 0.1) is 13.8 Å². The second-order valence-electron chi connectivity index (χ2n) is 5.10. The lowest BCUT2D eigenvalue weighted by molar-refractivity contribution is 0.252. The monoisotopic (exact) mass is 217 g/mol. The maximum Gasteiger partial charge on any atom is 0.124 e. The predicted octanol–water partition coefficient (Wildman–Crippen LogP) is 2.88. The first-order valence-corrected chi connectivity index (χ1v) is 6.24. The van der Waals surface area contributed by atoms with Gasteiger partial charge in [0.2, 0.25) is 0 Å². The molecule has 1 saturated carbocycles. The molecule has 0 saturated heterocycles. The number of rotatable bonds is 2. The van der Waals surface area contributed by atoms with Gasteiger partial charge < -0.3 is 10.1 Å². The molecule has 0 spiro atoms. The standard InChI is InChI=1S/C14H19NO/c1-9-7-12-13(15-11-3-4-11)5-6-16-14(12)8-10(9)2/h7-8,11,13,15H,3-6H2,1-2H3/t13-/m1/s1. The lowest BCUT2D eigenvalue weighted by Crippen LogP contribution is -2.28. The molecule has 1 heterocycles. The lowest BCUT2D eigenvalue weighted by Gasteiger charge is -2.28. The van der Waals surface area contributed by atoms with Gasteiger partial charge in [0.25, 0.3) is 0 Å². The Kier molecular flexibility index (Phi) is 2.40. The summed E-state index contributed by atoms with van der Waals surface area (Å²) in [6.45, 7) is 5.18. The van der Waals surface area contributed by atoms with Gasteiger partial charge in [0.15, 0.2) is 0 Å². The number of benzene rings is 1. The van der Waals surface area contributed by atoms with E-state index in [4.69, 9.17) is 4.74 Å². The zero-order valence-corrected chi connectivity index (χ0v) is 10.0. The van der Waals surface area contributed by atoms with Crippen molar-refractivity contribution in [2.24, 2.45) is 0 Å². The summed E-state index contributed by atoms with van der Waals surface area (Å²) >= 11 is 0. The van der Waals surface area contributed by atoms with E-state index in [0.29, 0.717) is 6.04 Å². The van der Waals surface area contributed by atoms with Crippen molar-refractivity contribution in [1.29, 1.82) is 0 Å². The number of nitrogens with one attached hydrogen (secondary N) is 1. The normalized spacial score (nSPS) is 23.8. The molecule has 0 aromatic heterocycles. The van der Waals surface area contributed by atoms with Crippen LogP contribution in [-0.4, -0.2) is 12.6 Å². The zero-order valence-electron chi connectivity index (χ0n) is 10.0. The Morgan fingerprint density at radius 3 is 2.62 bits per heavy atom. The summed E-state index contributed by atoms with van der Waals surface area (Å²) in [5.41, 5.74) is 4.05. The minimum absolute atomic E-state index is 0.510. The maximum absolute atomic E-state index is 5.75. The second-order valence-corrected chi connectivity index (χ2v) is 5.10. The molecule has 2 nitrogen and oxygen atoms in total. The smallest absolute Gasteiger partial charge is 0.124 e. The maximum atomic E-state index is 5.75. The van der Waals surface area contributed by atoms with E-state index in [0.717, 1.165) is 24.8 Å². The molecule has 1 fully saturated rings. The average Bonchev–Trinajstić information content (AvgIpc) is 3.05. The average molecular weight is 217 g/mol. The van der Waals surface area contributed by atoms with Crippen LogP contribution in [0.5, 0.6) is 5.75 Å². The van der Waals surface area contributed by atoms with Crippen molar-refractivity contribution < 1.29 is 4.74 Å². The van der Waals surface area contributed by atoms with Crippen molar-refractivity contribution in [3.63, 3.8) is 0 Å². The Morgan fingerprint density at radius 1 is 1.12 bits per heavy atom. The Hall–Kier alpha value is -1.02. The van der Waals surface area contributed by atoms with Gasteiger partial charge in [-0.15, -0.1) is 0 Å². The molecule has 1 N–H and O–H groups in total. The third kappa shape index (κ3) is 1.82. The lowest BCUT2D eigenvalue weighted by atomic mass is 9.96. The molecule has 0 unspecified atom stereocenters. The molecule has 1 aromatic rings.